The molecule has 66 valence electrons. The van der Waals surface area contributed by atoms with Gasteiger partial charge in [-0.05, 0) is 12.1 Å². The predicted octanol–water partition coefficient (Wildman–Crippen LogP) is 1.75. The van der Waals surface area contributed by atoms with E-state index in [4.69, 9.17) is 10.5 Å². The van der Waals surface area contributed by atoms with E-state index in [2.05, 4.69) is 4.98 Å². The van der Waals surface area contributed by atoms with Gasteiger partial charge < -0.3 is 10.5 Å². The van der Waals surface area contributed by atoms with Crippen LogP contribution in [0.15, 0.2) is 23.7 Å². The molecule has 0 fully saturated rings. The first kappa shape index (κ1) is 8.00. The summed E-state index contributed by atoms with van der Waals surface area (Å²) < 4.78 is 5.68. The van der Waals surface area contributed by atoms with Crippen LogP contribution in [-0.2, 0) is 0 Å². The molecule has 4 nitrogen and oxygen atoms in total. The smallest absolute Gasteiger partial charge is 0.409 e. The van der Waals surface area contributed by atoms with Gasteiger partial charge in [-0.1, -0.05) is 0 Å². The van der Waals surface area contributed by atoms with Crippen molar-refractivity contribution < 1.29 is 9.53 Å². The van der Waals surface area contributed by atoms with E-state index >= 15 is 0 Å². The molecule has 1 amide bonds. The summed E-state index contributed by atoms with van der Waals surface area (Å²) in [5.74, 6) is 0.448. The number of nitrogens with zero attached hydrogens (tertiary/aromatic N) is 1. The number of carbonyl (C=O) groups excluding carboxylic acids is 1. The molecule has 2 N–H and O–H groups in total. The fourth-order valence-electron chi connectivity index (χ4n) is 1.02. The second-order valence-electron chi connectivity index (χ2n) is 2.40. The number of primary amides is 1. The average Bonchev–Trinajstić information content (AvgIpc) is 2.49. The van der Waals surface area contributed by atoms with Gasteiger partial charge in [0.05, 0.1) is 15.7 Å². The molecule has 2 aromatic rings. The van der Waals surface area contributed by atoms with Gasteiger partial charge >= 0.3 is 6.09 Å². The maximum absolute atomic E-state index is 10.4. The van der Waals surface area contributed by atoms with Crippen LogP contribution in [0.2, 0.25) is 0 Å². The van der Waals surface area contributed by atoms with E-state index in [1.165, 1.54) is 11.3 Å². The number of thiazole rings is 1. The molecule has 0 aliphatic heterocycles. The molecule has 0 atom stereocenters. The number of rotatable bonds is 1. The van der Waals surface area contributed by atoms with Gasteiger partial charge in [-0.2, -0.15) is 0 Å². The number of benzene rings is 1. The van der Waals surface area contributed by atoms with Crippen LogP contribution in [0.4, 0.5) is 4.79 Å². The number of nitrogens with two attached hydrogens (primary N) is 1. The summed E-state index contributed by atoms with van der Waals surface area (Å²) >= 11 is 1.49. The Balaban J connectivity index is 2.42. The van der Waals surface area contributed by atoms with E-state index in [1.807, 2.05) is 0 Å². The Morgan fingerprint density at radius 2 is 2.38 bits per heavy atom. The van der Waals surface area contributed by atoms with E-state index < -0.39 is 6.09 Å². The maximum Gasteiger partial charge on any atom is 0.409 e. The molecule has 1 aromatic heterocycles. The van der Waals surface area contributed by atoms with Gasteiger partial charge in [0.15, 0.2) is 0 Å². The van der Waals surface area contributed by atoms with Crippen LogP contribution in [0.3, 0.4) is 0 Å². The van der Waals surface area contributed by atoms with E-state index in [1.54, 1.807) is 23.7 Å². The highest BCUT2D eigenvalue weighted by Gasteiger charge is 2.01. The van der Waals surface area contributed by atoms with Crippen LogP contribution in [0, 0.1) is 0 Å². The molecule has 5 heteroatoms. The molecule has 0 aliphatic carbocycles. The van der Waals surface area contributed by atoms with Gasteiger partial charge in [0.25, 0.3) is 0 Å². The number of hydrogen-bond donors (Lipinski definition) is 1. The van der Waals surface area contributed by atoms with E-state index in [0.29, 0.717) is 5.75 Å². The highest BCUT2D eigenvalue weighted by molar-refractivity contribution is 7.16. The quantitative estimate of drug-likeness (QED) is 0.752. The van der Waals surface area contributed by atoms with Crippen molar-refractivity contribution in [3.8, 4) is 5.75 Å². The van der Waals surface area contributed by atoms with Crippen LogP contribution in [0.5, 0.6) is 5.75 Å². The number of hydrogen-bond acceptors (Lipinski definition) is 4. The lowest BCUT2D eigenvalue weighted by molar-refractivity contribution is 0.211. The monoisotopic (exact) mass is 194 g/mol. The molecule has 0 spiro atoms. The molecular formula is C8H6N2O2S. The largest absolute Gasteiger partial charge is 0.410 e. The van der Waals surface area contributed by atoms with Crippen molar-refractivity contribution in [1.82, 2.24) is 4.98 Å². The second kappa shape index (κ2) is 3.02. The number of carbonyl (C=O) groups is 1. The second-order valence-corrected chi connectivity index (χ2v) is 3.29. The highest BCUT2D eigenvalue weighted by Crippen LogP contribution is 2.22. The maximum atomic E-state index is 10.4. The minimum Gasteiger partial charge on any atom is -0.410 e. The summed E-state index contributed by atoms with van der Waals surface area (Å²) in [7, 11) is 0. The summed E-state index contributed by atoms with van der Waals surface area (Å²) in [6.45, 7) is 0. The van der Waals surface area contributed by atoms with Crippen molar-refractivity contribution in [3.05, 3.63) is 23.7 Å². The summed E-state index contributed by atoms with van der Waals surface area (Å²) in [5, 5.41) is 0. The Hall–Kier alpha value is -1.62. The highest BCUT2D eigenvalue weighted by atomic mass is 32.1. The van der Waals surface area contributed by atoms with Gasteiger partial charge in [-0.3, -0.25) is 0 Å². The average molecular weight is 194 g/mol. The minimum atomic E-state index is -0.802. The van der Waals surface area contributed by atoms with E-state index in [9.17, 15) is 4.79 Å². The van der Waals surface area contributed by atoms with E-state index in [0.717, 1.165) is 10.2 Å². The van der Waals surface area contributed by atoms with Crippen molar-refractivity contribution >= 4 is 27.6 Å². The summed E-state index contributed by atoms with van der Waals surface area (Å²) in [6, 6.07) is 5.18. The van der Waals surface area contributed by atoms with Crippen LogP contribution >= 0.6 is 11.3 Å². The summed E-state index contributed by atoms with van der Waals surface area (Å²) in [4.78, 5) is 14.5. The zero-order valence-corrected chi connectivity index (χ0v) is 7.38. The SMILES string of the molecule is NC(=O)Oc1ccc2ncsc2c1. The number of fused-ring (bicyclic) bond motifs is 1. The molecular weight excluding hydrogens is 188 g/mol. The molecule has 0 radical (unpaired) electrons. The van der Waals surface area contributed by atoms with Crippen LogP contribution < -0.4 is 10.5 Å². The van der Waals surface area contributed by atoms with Crippen molar-refractivity contribution in [1.29, 1.82) is 0 Å². The number of ether oxygens (including phenoxy) is 1. The normalized spacial score (nSPS) is 10.2. The third kappa shape index (κ3) is 1.59. The first-order chi connectivity index (χ1) is 6.25. The lowest BCUT2D eigenvalue weighted by Crippen LogP contribution is -2.16. The van der Waals surface area contributed by atoms with Crippen molar-refractivity contribution in [2.24, 2.45) is 5.73 Å². The van der Waals surface area contributed by atoms with Crippen molar-refractivity contribution in [2.75, 3.05) is 0 Å². The van der Waals surface area contributed by atoms with Crippen LogP contribution in [-0.4, -0.2) is 11.1 Å². The van der Waals surface area contributed by atoms with Crippen molar-refractivity contribution in [2.45, 2.75) is 0 Å². The predicted molar refractivity (Wildman–Crippen MR) is 49.8 cm³/mol. The van der Waals surface area contributed by atoms with Crippen LogP contribution in [0.25, 0.3) is 10.2 Å². The third-order valence-electron chi connectivity index (χ3n) is 1.52. The number of aromatic nitrogens is 1. The molecule has 0 saturated heterocycles. The number of amides is 1. The first-order valence-corrected chi connectivity index (χ1v) is 4.44. The van der Waals surface area contributed by atoms with Gasteiger partial charge in [-0.25, -0.2) is 9.78 Å². The van der Waals surface area contributed by atoms with Gasteiger partial charge in [-0.15, -0.1) is 11.3 Å². The molecule has 1 aromatic carbocycles. The Bertz CT molecular complexity index is 452. The molecule has 1 heterocycles. The zero-order chi connectivity index (χ0) is 9.26. The Labute approximate surface area is 78.0 Å². The fourth-order valence-corrected chi connectivity index (χ4v) is 1.72. The molecule has 0 unspecified atom stereocenters. The zero-order valence-electron chi connectivity index (χ0n) is 6.56. The summed E-state index contributed by atoms with van der Waals surface area (Å²) in [5.41, 5.74) is 7.50. The van der Waals surface area contributed by atoms with Gasteiger partial charge in [0.1, 0.15) is 5.75 Å². The van der Waals surface area contributed by atoms with Gasteiger partial charge in [0, 0.05) is 6.07 Å². The minimum absolute atomic E-state index is 0.448. The Kier molecular flexibility index (Phi) is 1.86. The fraction of sp³-hybridized carbons (Fsp3) is 0. The Morgan fingerprint density at radius 3 is 3.15 bits per heavy atom. The van der Waals surface area contributed by atoms with Crippen molar-refractivity contribution in [3.63, 3.8) is 0 Å². The topological polar surface area (TPSA) is 65.2 Å². The molecule has 2 rings (SSSR count). The van der Waals surface area contributed by atoms with Crippen LogP contribution in [0.1, 0.15) is 0 Å². The molecule has 0 aliphatic rings. The Morgan fingerprint density at radius 1 is 1.54 bits per heavy atom. The third-order valence-corrected chi connectivity index (χ3v) is 2.31. The van der Waals surface area contributed by atoms with E-state index in [-0.39, 0.29) is 0 Å². The molecule has 0 saturated carbocycles. The van der Waals surface area contributed by atoms with Gasteiger partial charge in [0.2, 0.25) is 0 Å². The lowest BCUT2D eigenvalue weighted by Gasteiger charge is -1.98. The molecule has 13 heavy (non-hydrogen) atoms. The standard InChI is InChI=1S/C8H6N2O2S/c9-8(11)12-5-1-2-6-7(3-5)13-4-10-6/h1-4H,(H2,9,11). The summed E-state index contributed by atoms with van der Waals surface area (Å²) in [6.07, 6.45) is -0.802. The molecule has 0 bridgehead atoms. The first-order valence-electron chi connectivity index (χ1n) is 3.56. The lowest BCUT2D eigenvalue weighted by atomic mass is 10.3.